The van der Waals surface area contributed by atoms with Crippen LogP contribution >= 0.6 is 0 Å². The highest BCUT2D eigenvalue weighted by Gasteiger charge is 2.26. The molecule has 8 nitrogen and oxygen atoms in total. The van der Waals surface area contributed by atoms with Gasteiger partial charge in [0.15, 0.2) is 5.82 Å². The molecule has 1 aromatic carbocycles. The molecular formula is C24H29N5O3. The second-order valence-electron chi connectivity index (χ2n) is 8.50. The zero-order chi connectivity index (χ0) is 22.7. The lowest BCUT2D eigenvalue weighted by Crippen LogP contribution is -2.28. The number of nitrogens with zero attached hydrogens (tertiary/aromatic N) is 2. The average molecular weight is 436 g/mol. The van der Waals surface area contributed by atoms with Crippen molar-refractivity contribution in [3.05, 3.63) is 70.7 Å². The van der Waals surface area contributed by atoms with Gasteiger partial charge in [0, 0.05) is 30.8 Å². The summed E-state index contributed by atoms with van der Waals surface area (Å²) in [5.74, 6) is 0.466. The largest absolute Gasteiger partial charge is 0.508 e. The van der Waals surface area contributed by atoms with Crippen molar-refractivity contribution in [2.24, 2.45) is 5.73 Å². The molecule has 0 bridgehead atoms. The van der Waals surface area contributed by atoms with E-state index in [0.717, 1.165) is 29.7 Å². The number of rotatable bonds is 7. The summed E-state index contributed by atoms with van der Waals surface area (Å²) in [4.78, 5) is 16.8. The number of phenols is 1. The third-order valence-electron chi connectivity index (χ3n) is 5.83. The minimum atomic E-state index is -0.545. The zero-order valence-corrected chi connectivity index (χ0v) is 18.3. The summed E-state index contributed by atoms with van der Waals surface area (Å²) in [5, 5.41) is 19.7. The highest BCUT2D eigenvalue weighted by Crippen LogP contribution is 2.32. The van der Waals surface area contributed by atoms with Gasteiger partial charge in [-0.2, -0.15) is 5.10 Å². The topological polar surface area (TPSA) is 126 Å². The van der Waals surface area contributed by atoms with Crippen LogP contribution in [0.25, 0.3) is 0 Å². The Hall–Kier alpha value is -3.39. The molecule has 0 spiro atoms. The number of phenolic OH excluding ortho intramolecular Hbond substituents is 1. The Morgan fingerprint density at radius 2 is 1.84 bits per heavy atom. The van der Waals surface area contributed by atoms with Crippen LogP contribution < -0.4 is 11.1 Å². The summed E-state index contributed by atoms with van der Waals surface area (Å²) in [5.41, 5.74) is 9.63. The molecule has 1 aliphatic rings. The molecule has 0 radical (unpaired) electrons. The molecule has 3 aromatic rings. The van der Waals surface area contributed by atoms with Gasteiger partial charge in [0.05, 0.1) is 17.9 Å². The van der Waals surface area contributed by atoms with E-state index in [-0.39, 0.29) is 18.0 Å². The predicted molar refractivity (Wildman–Crippen MR) is 122 cm³/mol. The summed E-state index contributed by atoms with van der Waals surface area (Å²) in [6.07, 6.45) is 4.75. The molecule has 1 unspecified atom stereocenters. The number of nitrogens with two attached hydrogens (primary N) is 1. The van der Waals surface area contributed by atoms with Crippen molar-refractivity contribution in [3.63, 3.8) is 0 Å². The second kappa shape index (κ2) is 9.40. The number of pyridine rings is 1. The maximum Gasteiger partial charge on any atom is 0.254 e. The molecule has 0 saturated carbocycles. The van der Waals surface area contributed by atoms with Gasteiger partial charge in [0.2, 0.25) is 0 Å². The number of carbonyl (C=O) groups excluding carboxylic acids is 1. The molecule has 1 fully saturated rings. The van der Waals surface area contributed by atoms with Gasteiger partial charge in [-0.3, -0.25) is 14.9 Å². The lowest BCUT2D eigenvalue weighted by Gasteiger charge is -2.31. The van der Waals surface area contributed by atoms with Gasteiger partial charge in [0.1, 0.15) is 11.3 Å². The van der Waals surface area contributed by atoms with Gasteiger partial charge < -0.3 is 20.9 Å². The third-order valence-corrected chi connectivity index (χ3v) is 5.83. The summed E-state index contributed by atoms with van der Waals surface area (Å²) in [7, 11) is 0. The smallest absolute Gasteiger partial charge is 0.254 e. The molecule has 32 heavy (non-hydrogen) atoms. The Morgan fingerprint density at radius 3 is 2.47 bits per heavy atom. The lowest BCUT2D eigenvalue weighted by atomic mass is 9.89. The van der Waals surface area contributed by atoms with E-state index in [0.29, 0.717) is 36.0 Å². The van der Waals surface area contributed by atoms with Crippen molar-refractivity contribution >= 4 is 11.7 Å². The second-order valence-corrected chi connectivity index (χ2v) is 8.50. The van der Waals surface area contributed by atoms with Gasteiger partial charge in [-0.05, 0) is 56.0 Å². The quantitative estimate of drug-likeness (QED) is 0.450. The van der Waals surface area contributed by atoms with Crippen LogP contribution in [0.2, 0.25) is 0 Å². The molecular weight excluding hydrogens is 406 g/mol. The summed E-state index contributed by atoms with van der Waals surface area (Å²) < 4.78 is 5.83. The number of amides is 1. The van der Waals surface area contributed by atoms with Crippen molar-refractivity contribution in [2.45, 2.75) is 57.8 Å². The number of benzene rings is 1. The molecule has 8 heteroatoms. The summed E-state index contributed by atoms with van der Waals surface area (Å²) in [6, 6.07) is 10.9. The number of primary amides is 1. The number of nitrogens with one attached hydrogen (secondary N) is 2. The Morgan fingerprint density at radius 1 is 1.16 bits per heavy atom. The maximum atomic E-state index is 12.1. The molecule has 1 aliphatic heterocycles. The van der Waals surface area contributed by atoms with E-state index in [1.165, 1.54) is 0 Å². The van der Waals surface area contributed by atoms with Crippen molar-refractivity contribution in [2.75, 3.05) is 5.32 Å². The van der Waals surface area contributed by atoms with E-state index >= 15 is 0 Å². The Labute approximate surface area is 187 Å². The number of hydrogen-bond acceptors (Lipinski definition) is 6. The fourth-order valence-electron chi connectivity index (χ4n) is 4.33. The minimum absolute atomic E-state index is 0.203. The highest BCUT2D eigenvalue weighted by molar-refractivity contribution is 5.98. The number of ether oxygens (including phenoxy) is 1. The van der Waals surface area contributed by atoms with Crippen LogP contribution in [0.4, 0.5) is 5.82 Å². The van der Waals surface area contributed by atoms with Gasteiger partial charge >= 0.3 is 0 Å². The third kappa shape index (κ3) is 5.08. The minimum Gasteiger partial charge on any atom is -0.508 e. The molecule has 1 amide bonds. The van der Waals surface area contributed by atoms with Crippen LogP contribution in [0, 0.1) is 0 Å². The van der Waals surface area contributed by atoms with Crippen molar-refractivity contribution < 1.29 is 14.6 Å². The van der Waals surface area contributed by atoms with Crippen LogP contribution in [-0.2, 0) is 17.7 Å². The first-order valence-corrected chi connectivity index (χ1v) is 10.9. The Kier molecular flexibility index (Phi) is 6.41. The standard InChI is InChI=1S/C24H29N5O3/c1-14-9-18(10-15(2)32-14)20-8-5-17(13-26-20)11-21-22(23(25)31)24(29-28-21)27-12-16-3-6-19(30)7-4-16/h3-8,13-15,18,30H,9-12H2,1-2H3,(H2,25,31)(H2,27,28,29)/t14-,15+,18?. The van der Waals surface area contributed by atoms with Gasteiger partial charge in [0.25, 0.3) is 5.91 Å². The average Bonchev–Trinajstić information content (AvgIpc) is 3.16. The number of aromatic amines is 1. The van der Waals surface area contributed by atoms with Gasteiger partial charge in [-0.15, -0.1) is 0 Å². The zero-order valence-electron chi connectivity index (χ0n) is 18.3. The Bertz CT molecular complexity index is 1050. The van der Waals surface area contributed by atoms with Crippen LogP contribution in [0.1, 0.15) is 65.5 Å². The summed E-state index contributed by atoms with van der Waals surface area (Å²) >= 11 is 0. The number of H-pyrrole nitrogens is 1. The highest BCUT2D eigenvalue weighted by atomic mass is 16.5. The maximum absolute atomic E-state index is 12.1. The molecule has 5 N–H and O–H groups in total. The number of carbonyl (C=O) groups is 1. The molecule has 1 saturated heterocycles. The predicted octanol–water partition coefficient (Wildman–Crippen LogP) is 3.48. The van der Waals surface area contributed by atoms with E-state index in [1.54, 1.807) is 24.3 Å². The first kappa shape index (κ1) is 21.8. The normalized spacial score (nSPS) is 20.8. The number of anilines is 1. The molecule has 168 valence electrons. The van der Waals surface area contributed by atoms with E-state index in [4.69, 9.17) is 10.5 Å². The SMILES string of the molecule is C[C@@H]1CC(c2ccc(Cc3[nH]nc(NCc4ccc(O)cc4)c3C(N)=O)cn2)C[C@H](C)O1. The van der Waals surface area contributed by atoms with E-state index in [9.17, 15) is 9.90 Å². The molecule has 2 aromatic heterocycles. The van der Waals surface area contributed by atoms with Crippen molar-refractivity contribution in [3.8, 4) is 5.75 Å². The number of aromatic hydroxyl groups is 1. The van der Waals surface area contributed by atoms with Crippen molar-refractivity contribution in [1.29, 1.82) is 0 Å². The summed E-state index contributed by atoms with van der Waals surface area (Å²) in [6.45, 7) is 4.66. The fraction of sp³-hybridized carbons (Fsp3) is 0.375. The number of aromatic nitrogens is 3. The van der Waals surface area contributed by atoms with Crippen LogP contribution in [0.5, 0.6) is 5.75 Å². The van der Waals surface area contributed by atoms with E-state index in [2.05, 4.69) is 40.4 Å². The first-order valence-electron chi connectivity index (χ1n) is 10.9. The van der Waals surface area contributed by atoms with Crippen LogP contribution in [0.15, 0.2) is 42.6 Å². The monoisotopic (exact) mass is 435 g/mol. The number of hydrogen-bond donors (Lipinski definition) is 4. The Balaban J connectivity index is 1.45. The molecule has 3 atom stereocenters. The van der Waals surface area contributed by atoms with Crippen molar-refractivity contribution in [1.82, 2.24) is 15.2 Å². The lowest BCUT2D eigenvalue weighted by molar-refractivity contribution is -0.0385. The van der Waals surface area contributed by atoms with E-state index in [1.807, 2.05) is 12.3 Å². The first-order chi connectivity index (χ1) is 15.4. The molecule has 4 rings (SSSR count). The van der Waals surface area contributed by atoms with E-state index < -0.39 is 5.91 Å². The van der Waals surface area contributed by atoms with Gasteiger partial charge in [-0.25, -0.2) is 0 Å². The molecule has 0 aliphatic carbocycles. The van der Waals surface area contributed by atoms with Crippen LogP contribution in [0.3, 0.4) is 0 Å². The van der Waals surface area contributed by atoms with Gasteiger partial charge in [-0.1, -0.05) is 18.2 Å². The van der Waals surface area contributed by atoms with Crippen LogP contribution in [-0.4, -0.2) is 38.4 Å². The fourth-order valence-corrected chi connectivity index (χ4v) is 4.33. The molecule has 3 heterocycles.